The van der Waals surface area contributed by atoms with E-state index in [0.29, 0.717) is 5.56 Å². The molecule has 0 spiro atoms. The highest BCUT2D eigenvalue weighted by Gasteiger charge is 2.30. The van der Waals surface area contributed by atoms with Crippen LogP contribution >= 0.6 is 0 Å². The third-order valence-electron chi connectivity index (χ3n) is 3.39. The number of nitro benzene ring substituents is 1. The lowest BCUT2D eigenvalue weighted by molar-refractivity contribution is -0.384. The van der Waals surface area contributed by atoms with Crippen LogP contribution in [0.2, 0.25) is 0 Å². The van der Waals surface area contributed by atoms with Crippen molar-refractivity contribution in [3.8, 4) is 11.1 Å². The molecule has 2 rings (SSSR count). The standard InChI is InChI=1S/C17H17NO7/c1-4-23-16(19)13-10(3)25-15(17(20)24-5-2)14(13)11-6-8-12(9-7-11)18(21)22/h6-9H,4-5H2,1-3H3. The molecule has 0 unspecified atom stereocenters. The second-order valence-electron chi connectivity index (χ2n) is 4.98. The summed E-state index contributed by atoms with van der Waals surface area (Å²) in [5.74, 6) is -1.31. The summed E-state index contributed by atoms with van der Waals surface area (Å²) in [6.07, 6.45) is 0. The number of nitro groups is 1. The van der Waals surface area contributed by atoms with Gasteiger partial charge < -0.3 is 13.9 Å². The van der Waals surface area contributed by atoms with Crippen LogP contribution < -0.4 is 0 Å². The number of carbonyl (C=O) groups excluding carboxylic acids is 2. The molecule has 0 fully saturated rings. The van der Waals surface area contributed by atoms with Gasteiger partial charge in [0.25, 0.3) is 5.69 Å². The predicted molar refractivity (Wildman–Crippen MR) is 87.4 cm³/mol. The Hall–Kier alpha value is -3.16. The van der Waals surface area contributed by atoms with E-state index in [4.69, 9.17) is 13.9 Å². The van der Waals surface area contributed by atoms with E-state index >= 15 is 0 Å². The Bertz CT molecular complexity index is 805. The van der Waals surface area contributed by atoms with Gasteiger partial charge in [-0.1, -0.05) is 0 Å². The van der Waals surface area contributed by atoms with Crippen LogP contribution in [0.1, 0.15) is 40.5 Å². The molecule has 1 aromatic carbocycles. The lowest BCUT2D eigenvalue weighted by atomic mass is 9.99. The molecule has 8 nitrogen and oxygen atoms in total. The van der Waals surface area contributed by atoms with Crippen molar-refractivity contribution in [1.82, 2.24) is 0 Å². The van der Waals surface area contributed by atoms with Crippen molar-refractivity contribution >= 4 is 17.6 Å². The van der Waals surface area contributed by atoms with Crippen molar-refractivity contribution in [1.29, 1.82) is 0 Å². The zero-order valence-corrected chi connectivity index (χ0v) is 14.0. The molecule has 1 heterocycles. The van der Waals surface area contributed by atoms with E-state index in [2.05, 4.69) is 0 Å². The van der Waals surface area contributed by atoms with Gasteiger partial charge in [-0.3, -0.25) is 10.1 Å². The van der Waals surface area contributed by atoms with E-state index in [1.165, 1.54) is 31.2 Å². The highest BCUT2D eigenvalue weighted by molar-refractivity contribution is 6.05. The van der Waals surface area contributed by atoms with Gasteiger partial charge in [0, 0.05) is 12.1 Å². The molecule has 0 N–H and O–H groups in total. The lowest BCUT2D eigenvalue weighted by Gasteiger charge is -2.06. The minimum Gasteiger partial charge on any atom is -0.462 e. The van der Waals surface area contributed by atoms with Crippen LogP contribution in [0.25, 0.3) is 11.1 Å². The van der Waals surface area contributed by atoms with Gasteiger partial charge in [0.05, 0.1) is 23.7 Å². The largest absolute Gasteiger partial charge is 0.462 e. The van der Waals surface area contributed by atoms with Crippen molar-refractivity contribution in [2.75, 3.05) is 13.2 Å². The summed E-state index contributed by atoms with van der Waals surface area (Å²) in [4.78, 5) is 34.7. The number of hydrogen-bond acceptors (Lipinski definition) is 7. The van der Waals surface area contributed by atoms with Crippen LogP contribution in [-0.4, -0.2) is 30.1 Å². The zero-order valence-electron chi connectivity index (χ0n) is 14.0. The van der Waals surface area contributed by atoms with Gasteiger partial charge in [0.1, 0.15) is 11.3 Å². The highest BCUT2D eigenvalue weighted by atomic mass is 16.6. The van der Waals surface area contributed by atoms with E-state index < -0.39 is 16.9 Å². The smallest absolute Gasteiger partial charge is 0.374 e. The Morgan fingerprint density at radius 1 is 1.08 bits per heavy atom. The molecular weight excluding hydrogens is 330 g/mol. The highest BCUT2D eigenvalue weighted by Crippen LogP contribution is 2.34. The van der Waals surface area contributed by atoms with E-state index in [9.17, 15) is 19.7 Å². The average Bonchev–Trinajstić information content (AvgIpc) is 2.93. The molecule has 0 atom stereocenters. The fraction of sp³-hybridized carbons (Fsp3) is 0.294. The Kier molecular flexibility index (Phi) is 5.53. The topological polar surface area (TPSA) is 109 Å². The van der Waals surface area contributed by atoms with Gasteiger partial charge in [-0.15, -0.1) is 0 Å². The van der Waals surface area contributed by atoms with Crippen LogP contribution in [0.3, 0.4) is 0 Å². The van der Waals surface area contributed by atoms with Gasteiger partial charge in [0.2, 0.25) is 5.76 Å². The predicted octanol–water partition coefficient (Wildman–Crippen LogP) is 3.52. The van der Waals surface area contributed by atoms with Gasteiger partial charge in [-0.25, -0.2) is 9.59 Å². The number of furan rings is 1. The molecule has 0 amide bonds. The summed E-state index contributed by atoms with van der Waals surface area (Å²) >= 11 is 0. The zero-order chi connectivity index (χ0) is 18.6. The van der Waals surface area contributed by atoms with Crippen LogP contribution in [0.4, 0.5) is 5.69 Å². The molecule has 0 aliphatic rings. The molecule has 8 heteroatoms. The Morgan fingerprint density at radius 3 is 2.16 bits per heavy atom. The minimum atomic E-state index is -0.727. The normalized spacial score (nSPS) is 10.4. The summed E-state index contributed by atoms with van der Waals surface area (Å²) in [7, 11) is 0. The maximum absolute atomic E-state index is 12.3. The lowest BCUT2D eigenvalue weighted by Crippen LogP contribution is -2.09. The summed E-state index contributed by atoms with van der Waals surface area (Å²) < 4.78 is 15.4. The molecule has 0 radical (unpaired) electrons. The quantitative estimate of drug-likeness (QED) is 0.447. The molecule has 132 valence electrons. The monoisotopic (exact) mass is 347 g/mol. The SMILES string of the molecule is CCOC(=O)c1oc(C)c(C(=O)OCC)c1-c1ccc([N+](=O)[O-])cc1. The molecular formula is C17H17NO7. The number of ether oxygens (including phenoxy) is 2. The van der Waals surface area contributed by atoms with Crippen molar-refractivity contribution in [2.24, 2.45) is 0 Å². The van der Waals surface area contributed by atoms with Crippen molar-refractivity contribution < 1.29 is 28.4 Å². The first-order valence-corrected chi connectivity index (χ1v) is 7.63. The molecule has 2 aromatic rings. The Balaban J connectivity index is 2.64. The third kappa shape index (κ3) is 3.68. The summed E-state index contributed by atoms with van der Waals surface area (Å²) in [5.41, 5.74) is 0.593. The van der Waals surface area contributed by atoms with Gasteiger partial charge >= 0.3 is 11.9 Å². The summed E-state index contributed by atoms with van der Waals surface area (Å²) in [6, 6.07) is 5.44. The number of hydrogen-bond donors (Lipinski definition) is 0. The Morgan fingerprint density at radius 2 is 1.64 bits per heavy atom. The van der Waals surface area contributed by atoms with Crippen molar-refractivity contribution in [3.05, 3.63) is 51.5 Å². The van der Waals surface area contributed by atoms with Crippen LogP contribution in [0.15, 0.2) is 28.7 Å². The number of carbonyl (C=O) groups is 2. The number of nitrogens with zero attached hydrogens (tertiary/aromatic N) is 1. The molecule has 1 aromatic heterocycles. The van der Waals surface area contributed by atoms with E-state index in [0.717, 1.165) is 0 Å². The number of aryl methyl sites for hydroxylation is 1. The number of benzene rings is 1. The Labute approximate surface area is 143 Å². The van der Waals surface area contributed by atoms with E-state index in [1.54, 1.807) is 13.8 Å². The fourth-order valence-corrected chi connectivity index (χ4v) is 2.36. The van der Waals surface area contributed by atoms with E-state index in [1.807, 2.05) is 0 Å². The molecule has 0 saturated carbocycles. The molecule has 25 heavy (non-hydrogen) atoms. The fourth-order valence-electron chi connectivity index (χ4n) is 2.36. The van der Waals surface area contributed by atoms with Gasteiger partial charge in [-0.2, -0.15) is 0 Å². The number of non-ortho nitro benzene ring substituents is 1. The molecule has 0 bridgehead atoms. The maximum atomic E-state index is 12.3. The molecule has 0 aliphatic heterocycles. The van der Waals surface area contributed by atoms with Crippen molar-refractivity contribution in [3.63, 3.8) is 0 Å². The van der Waals surface area contributed by atoms with Crippen LogP contribution in [-0.2, 0) is 9.47 Å². The van der Waals surface area contributed by atoms with Crippen LogP contribution in [0.5, 0.6) is 0 Å². The number of esters is 2. The first kappa shape index (κ1) is 18.2. The van der Waals surface area contributed by atoms with Crippen molar-refractivity contribution in [2.45, 2.75) is 20.8 Å². The maximum Gasteiger partial charge on any atom is 0.374 e. The summed E-state index contributed by atoms with van der Waals surface area (Å²) in [5, 5.41) is 10.8. The third-order valence-corrected chi connectivity index (χ3v) is 3.39. The minimum absolute atomic E-state index is 0.0961. The average molecular weight is 347 g/mol. The second kappa shape index (κ2) is 7.61. The second-order valence-corrected chi connectivity index (χ2v) is 4.98. The first-order valence-electron chi connectivity index (χ1n) is 7.63. The molecule has 0 aliphatic carbocycles. The van der Waals surface area contributed by atoms with E-state index in [-0.39, 0.29) is 41.5 Å². The summed E-state index contributed by atoms with van der Waals surface area (Å²) in [6.45, 7) is 5.12. The molecule has 0 saturated heterocycles. The first-order chi connectivity index (χ1) is 11.9. The van der Waals surface area contributed by atoms with Crippen LogP contribution in [0, 0.1) is 17.0 Å². The van der Waals surface area contributed by atoms with Gasteiger partial charge in [-0.05, 0) is 38.5 Å². The number of rotatable bonds is 6. The van der Waals surface area contributed by atoms with Gasteiger partial charge in [0.15, 0.2) is 0 Å².